The van der Waals surface area contributed by atoms with Crippen LogP contribution in [0.2, 0.25) is 0 Å². The fourth-order valence-electron chi connectivity index (χ4n) is 1.57. The van der Waals surface area contributed by atoms with Gasteiger partial charge in [0, 0.05) is 18.0 Å². The number of benzene rings is 1. The lowest BCUT2D eigenvalue weighted by molar-refractivity contribution is 0.0937. The molecule has 98 valence electrons. The maximum Gasteiger partial charge on any atom is 0.251 e. The third kappa shape index (κ3) is 4.33. The Kier molecular flexibility index (Phi) is 5.58. The summed E-state index contributed by atoms with van der Waals surface area (Å²) in [7, 11) is 1.57. The average Bonchev–Trinajstić information content (AvgIpc) is 2.37. The quantitative estimate of drug-likeness (QED) is 0.772. The smallest absolute Gasteiger partial charge is 0.251 e. The minimum atomic E-state index is -0.142. The third-order valence-corrected chi connectivity index (χ3v) is 2.77. The molecule has 1 rings (SSSR count). The highest BCUT2D eigenvalue weighted by atomic mass is 32.1. The van der Waals surface area contributed by atoms with Crippen molar-refractivity contribution in [2.75, 3.05) is 7.11 Å². The molecule has 0 heterocycles. The first-order valence-electron chi connectivity index (χ1n) is 5.80. The van der Waals surface area contributed by atoms with E-state index in [1.807, 2.05) is 6.92 Å². The van der Waals surface area contributed by atoms with Gasteiger partial charge in [-0.15, -0.1) is 0 Å². The normalized spacial score (nSPS) is 11.7. The van der Waals surface area contributed by atoms with Gasteiger partial charge in [-0.05, 0) is 24.6 Å². The molecule has 1 amide bonds. The fraction of sp³-hybridized carbons (Fsp3) is 0.385. The first-order chi connectivity index (χ1) is 8.56. The molecule has 0 aliphatic heterocycles. The van der Waals surface area contributed by atoms with Crippen LogP contribution in [-0.4, -0.2) is 24.0 Å². The van der Waals surface area contributed by atoms with Gasteiger partial charge in [-0.3, -0.25) is 4.79 Å². The number of nitrogens with one attached hydrogen (secondary N) is 1. The zero-order valence-corrected chi connectivity index (χ0v) is 11.4. The SMILES string of the molecule is CCC(CC(N)=S)NC(=O)c1cccc(OC)c1. The Hall–Kier alpha value is -1.62. The van der Waals surface area contributed by atoms with Gasteiger partial charge >= 0.3 is 0 Å². The van der Waals surface area contributed by atoms with Crippen molar-refractivity contribution < 1.29 is 9.53 Å². The van der Waals surface area contributed by atoms with E-state index < -0.39 is 0 Å². The highest BCUT2D eigenvalue weighted by Gasteiger charge is 2.13. The van der Waals surface area contributed by atoms with Crippen LogP contribution in [0.4, 0.5) is 0 Å². The first kappa shape index (κ1) is 14.4. The van der Waals surface area contributed by atoms with Gasteiger partial charge in [0.25, 0.3) is 5.91 Å². The van der Waals surface area contributed by atoms with E-state index in [2.05, 4.69) is 5.32 Å². The largest absolute Gasteiger partial charge is 0.497 e. The molecule has 0 saturated carbocycles. The second kappa shape index (κ2) is 6.96. The molecular weight excluding hydrogens is 248 g/mol. The summed E-state index contributed by atoms with van der Waals surface area (Å²) in [5.41, 5.74) is 6.05. The van der Waals surface area contributed by atoms with Crippen molar-refractivity contribution in [1.29, 1.82) is 0 Å². The van der Waals surface area contributed by atoms with Crippen LogP contribution in [0.15, 0.2) is 24.3 Å². The van der Waals surface area contributed by atoms with Crippen molar-refractivity contribution in [2.45, 2.75) is 25.8 Å². The van der Waals surface area contributed by atoms with Gasteiger partial charge in [0.1, 0.15) is 5.75 Å². The summed E-state index contributed by atoms with van der Waals surface area (Å²) < 4.78 is 5.08. The highest BCUT2D eigenvalue weighted by Crippen LogP contribution is 2.13. The fourth-order valence-corrected chi connectivity index (χ4v) is 1.77. The van der Waals surface area contributed by atoms with Gasteiger partial charge < -0.3 is 15.8 Å². The van der Waals surface area contributed by atoms with Gasteiger partial charge in [-0.1, -0.05) is 25.2 Å². The third-order valence-electron chi connectivity index (χ3n) is 2.61. The van der Waals surface area contributed by atoms with Crippen molar-refractivity contribution >= 4 is 23.1 Å². The molecule has 3 N–H and O–H groups in total. The second-order valence-corrected chi connectivity index (χ2v) is 4.51. The molecule has 1 unspecified atom stereocenters. The number of thiocarbonyl (C=S) groups is 1. The number of methoxy groups -OCH3 is 1. The molecule has 0 saturated heterocycles. The minimum absolute atomic E-state index is 0.0267. The van der Waals surface area contributed by atoms with E-state index in [0.717, 1.165) is 6.42 Å². The number of nitrogens with two attached hydrogens (primary N) is 1. The molecule has 0 aliphatic carbocycles. The number of carbonyl (C=O) groups is 1. The maximum absolute atomic E-state index is 12.0. The number of hydrogen-bond donors (Lipinski definition) is 2. The van der Waals surface area contributed by atoms with E-state index >= 15 is 0 Å². The van der Waals surface area contributed by atoms with Crippen molar-refractivity contribution in [3.05, 3.63) is 29.8 Å². The Balaban J connectivity index is 2.71. The lowest BCUT2D eigenvalue weighted by Gasteiger charge is -2.16. The number of hydrogen-bond acceptors (Lipinski definition) is 3. The van der Waals surface area contributed by atoms with Crippen LogP contribution in [0, 0.1) is 0 Å². The van der Waals surface area contributed by atoms with Crippen LogP contribution in [0.25, 0.3) is 0 Å². The van der Waals surface area contributed by atoms with Crippen molar-refractivity contribution in [1.82, 2.24) is 5.32 Å². The van der Waals surface area contributed by atoms with E-state index in [4.69, 9.17) is 22.7 Å². The predicted molar refractivity (Wildman–Crippen MR) is 75.9 cm³/mol. The molecule has 0 spiro atoms. The van der Waals surface area contributed by atoms with E-state index in [0.29, 0.717) is 22.7 Å². The first-order valence-corrected chi connectivity index (χ1v) is 6.20. The van der Waals surface area contributed by atoms with E-state index in [1.165, 1.54) is 0 Å². The molecule has 4 nitrogen and oxygen atoms in total. The monoisotopic (exact) mass is 266 g/mol. The lowest BCUT2D eigenvalue weighted by atomic mass is 10.1. The number of carbonyl (C=O) groups excluding carboxylic acids is 1. The number of amides is 1. The topological polar surface area (TPSA) is 64.3 Å². The minimum Gasteiger partial charge on any atom is -0.497 e. The molecule has 1 atom stereocenters. The molecule has 18 heavy (non-hydrogen) atoms. The molecule has 0 fully saturated rings. The van der Waals surface area contributed by atoms with Crippen LogP contribution in [-0.2, 0) is 0 Å². The second-order valence-electron chi connectivity index (χ2n) is 3.98. The summed E-state index contributed by atoms with van der Waals surface area (Å²) in [6, 6.07) is 6.99. The maximum atomic E-state index is 12.0. The van der Waals surface area contributed by atoms with Gasteiger partial charge in [0.05, 0.1) is 12.1 Å². The molecular formula is C13H18N2O2S. The van der Waals surface area contributed by atoms with Gasteiger partial charge in [0.15, 0.2) is 0 Å². The van der Waals surface area contributed by atoms with Crippen LogP contribution in [0.3, 0.4) is 0 Å². The molecule has 0 aromatic heterocycles. The van der Waals surface area contributed by atoms with E-state index in [1.54, 1.807) is 31.4 Å². The van der Waals surface area contributed by atoms with Gasteiger partial charge in [0.2, 0.25) is 0 Å². The Morgan fingerprint density at radius 1 is 1.56 bits per heavy atom. The van der Waals surface area contributed by atoms with Crippen molar-refractivity contribution in [2.24, 2.45) is 5.73 Å². The van der Waals surface area contributed by atoms with Crippen molar-refractivity contribution in [3.8, 4) is 5.75 Å². The Morgan fingerprint density at radius 2 is 2.28 bits per heavy atom. The Labute approximate surface area is 113 Å². The highest BCUT2D eigenvalue weighted by molar-refractivity contribution is 7.80. The predicted octanol–water partition coefficient (Wildman–Crippen LogP) is 1.88. The van der Waals surface area contributed by atoms with E-state index in [9.17, 15) is 4.79 Å². The van der Waals surface area contributed by atoms with Crippen LogP contribution >= 0.6 is 12.2 Å². The zero-order valence-electron chi connectivity index (χ0n) is 10.6. The zero-order chi connectivity index (χ0) is 13.5. The Morgan fingerprint density at radius 3 is 2.83 bits per heavy atom. The van der Waals surface area contributed by atoms with Crippen LogP contribution < -0.4 is 15.8 Å². The molecule has 0 radical (unpaired) electrons. The Bertz CT molecular complexity index is 435. The molecule has 0 bridgehead atoms. The van der Waals surface area contributed by atoms with E-state index in [-0.39, 0.29) is 11.9 Å². The summed E-state index contributed by atoms with van der Waals surface area (Å²) >= 11 is 4.85. The molecule has 1 aromatic rings. The van der Waals surface area contributed by atoms with Crippen LogP contribution in [0.5, 0.6) is 5.75 Å². The summed E-state index contributed by atoms with van der Waals surface area (Å²) in [6.45, 7) is 1.98. The average molecular weight is 266 g/mol. The van der Waals surface area contributed by atoms with Crippen molar-refractivity contribution in [3.63, 3.8) is 0 Å². The number of rotatable bonds is 6. The molecule has 0 aliphatic rings. The summed E-state index contributed by atoms with van der Waals surface area (Å²) in [6.07, 6.45) is 1.30. The summed E-state index contributed by atoms with van der Waals surface area (Å²) in [4.78, 5) is 12.4. The standard InChI is InChI=1S/C13H18N2O2S/c1-3-10(8-12(14)18)15-13(16)9-5-4-6-11(7-9)17-2/h4-7,10H,3,8H2,1-2H3,(H2,14,18)(H,15,16). The molecule has 1 aromatic carbocycles. The summed E-state index contributed by atoms with van der Waals surface area (Å²) in [5, 5.41) is 2.90. The molecule has 5 heteroatoms. The van der Waals surface area contributed by atoms with Crippen LogP contribution in [0.1, 0.15) is 30.1 Å². The van der Waals surface area contributed by atoms with Gasteiger partial charge in [-0.25, -0.2) is 0 Å². The van der Waals surface area contributed by atoms with Gasteiger partial charge in [-0.2, -0.15) is 0 Å². The lowest BCUT2D eigenvalue weighted by Crippen LogP contribution is -2.37. The summed E-state index contributed by atoms with van der Waals surface area (Å²) in [5.74, 6) is 0.516. The number of ether oxygens (including phenoxy) is 1.